The third kappa shape index (κ3) is 5.78. The summed E-state index contributed by atoms with van der Waals surface area (Å²) in [6.45, 7) is 7.21. The summed E-state index contributed by atoms with van der Waals surface area (Å²) >= 11 is 1.08. The van der Waals surface area contributed by atoms with Crippen LogP contribution in [0.2, 0.25) is 0 Å². The van der Waals surface area contributed by atoms with E-state index in [-0.39, 0.29) is 6.09 Å². The van der Waals surface area contributed by atoms with Crippen LogP contribution in [0.25, 0.3) is 0 Å². The molecule has 10 heteroatoms. The van der Waals surface area contributed by atoms with Gasteiger partial charge in [0.25, 0.3) is 0 Å². The Morgan fingerprint density at radius 1 is 1.07 bits per heavy atom. The van der Waals surface area contributed by atoms with Crippen LogP contribution in [0.1, 0.15) is 26.3 Å². The van der Waals surface area contributed by atoms with Crippen LogP contribution in [0.4, 0.5) is 23.7 Å². The molecule has 2 aromatic rings. The molecule has 1 saturated heterocycles. The molecule has 0 N–H and O–H groups in total. The molecule has 1 aromatic carbocycles. The van der Waals surface area contributed by atoms with Crippen LogP contribution < -0.4 is 4.90 Å². The van der Waals surface area contributed by atoms with E-state index in [1.807, 2.05) is 4.90 Å². The number of rotatable bonds is 3. The predicted octanol–water partition coefficient (Wildman–Crippen LogP) is 4.70. The van der Waals surface area contributed by atoms with Crippen molar-refractivity contribution in [1.29, 1.82) is 0 Å². The second kappa shape index (κ2) is 8.71. The number of aromatic nitrogens is 2. The van der Waals surface area contributed by atoms with Crippen LogP contribution >= 0.6 is 11.8 Å². The molecule has 162 valence electrons. The summed E-state index contributed by atoms with van der Waals surface area (Å²) in [6, 6.07) is 5.31. The maximum Gasteiger partial charge on any atom is 0.416 e. The summed E-state index contributed by atoms with van der Waals surface area (Å²) in [6.07, 6.45) is -1.74. The Morgan fingerprint density at radius 3 is 2.27 bits per heavy atom. The lowest BCUT2D eigenvalue weighted by Gasteiger charge is -2.37. The van der Waals surface area contributed by atoms with Crippen molar-refractivity contribution in [2.45, 2.75) is 42.6 Å². The van der Waals surface area contributed by atoms with Crippen LogP contribution in [0.15, 0.2) is 46.7 Å². The minimum Gasteiger partial charge on any atom is -0.444 e. The molecule has 0 spiro atoms. The average molecular weight is 440 g/mol. The van der Waals surface area contributed by atoms with E-state index in [1.165, 1.54) is 6.07 Å². The van der Waals surface area contributed by atoms with Gasteiger partial charge in [-0.3, -0.25) is 0 Å². The third-order valence-electron chi connectivity index (χ3n) is 4.30. The molecule has 6 nitrogen and oxygen atoms in total. The SMILES string of the molecule is CC(C)(C)OC(=O)N1CCN(c2ccc(C(F)(F)F)cc2Sc2ncccn2)CC1. The van der Waals surface area contributed by atoms with Crippen molar-refractivity contribution in [3.63, 3.8) is 0 Å². The Balaban J connectivity index is 1.79. The minimum absolute atomic E-state index is 0.366. The number of piperazine rings is 1. The van der Waals surface area contributed by atoms with Gasteiger partial charge < -0.3 is 14.5 Å². The van der Waals surface area contributed by atoms with Crippen molar-refractivity contribution in [3.8, 4) is 0 Å². The van der Waals surface area contributed by atoms with E-state index < -0.39 is 17.3 Å². The van der Waals surface area contributed by atoms with Crippen molar-refractivity contribution in [3.05, 3.63) is 42.2 Å². The second-order valence-electron chi connectivity index (χ2n) is 7.77. The van der Waals surface area contributed by atoms with E-state index in [1.54, 1.807) is 44.1 Å². The number of carbonyl (C=O) groups excluding carboxylic acids is 1. The van der Waals surface area contributed by atoms with Crippen molar-refractivity contribution in [2.24, 2.45) is 0 Å². The first-order valence-electron chi connectivity index (χ1n) is 9.42. The second-order valence-corrected chi connectivity index (χ2v) is 8.78. The van der Waals surface area contributed by atoms with Crippen molar-refractivity contribution in [1.82, 2.24) is 14.9 Å². The smallest absolute Gasteiger partial charge is 0.416 e. The fourth-order valence-corrected chi connectivity index (χ4v) is 3.84. The number of ether oxygens (including phenoxy) is 1. The molecule has 1 aromatic heterocycles. The molecule has 1 fully saturated rings. The van der Waals surface area contributed by atoms with E-state index in [2.05, 4.69) is 9.97 Å². The van der Waals surface area contributed by atoms with Gasteiger partial charge in [-0.25, -0.2) is 14.8 Å². The van der Waals surface area contributed by atoms with Gasteiger partial charge in [-0.15, -0.1) is 0 Å². The van der Waals surface area contributed by atoms with Gasteiger partial charge in [-0.1, -0.05) is 0 Å². The van der Waals surface area contributed by atoms with E-state index >= 15 is 0 Å². The van der Waals surface area contributed by atoms with Crippen LogP contribution in [0.5, 0.6) is 0 Å². The molecule has 0 unspecified atom stereocenters. The van der Waals surface area contributed by atoms with Gasteiger partial charge in [-0.2, -0.15) is 13.2 Å². The number of benzene rings is 1. The Hall–Kier alpha value is -2.49. The van der Waals surface area contributed by atoms with Crippen molar-refractivity contribution >= 4 is 23.5 Å². The molecule has 1 aliphatic rings. The van der Waals surface area contributed by atoms with Gasteiger partial charge in [-0.05, 0) is 56.8 Å². The molecule has 3 rings (SSSR count). The Morgan fingerprint density at radius 2 is 1.70 bits per heavy atom. The van der Waals surface area contributed by atoms with Crippen molar-refractivity contribution < 1.29 is 22.7 Å². The highest BCUT2D eigenvalue weighted by Gasteiger charge is 2.32. The number of hydrogen-bond donors (Lipinski definition) is 0. The van der Waals surface area contributed by atoms with Crippen LogP contribution in [-0.4, -0.2) is 52.7 Å². The zero-order valence-corrected chi connectivity index (χ0v) is 17.8. The molecule has 30 heavy (non-hydrogen) atoms. The summed E-state index contributed by atoms with van der Waals surface area (Å²) in [5.41, 5.74) is -0.650. The molecular formula is C20H23F3N4O2S. The Kier molecular flexibility index (Phi) is 6.44. The van der Waals surface area contributed by atoms with Gasteiger partial charge in [0.05, 0.1) is 11.3 Å². The van der Waals surface area contributed by atoms with Crippen LogP contribution in [0, 0.1) is 0 Å². The number of nitrogens with zero attached hydrogens (tertiary/aromatic N) is 4. The van der Waals surface area contributed by atoms with E-state index in [0.29, 0.717) is 41.9 Å². The number of halogens is 3. The number of amides is 1. The fourth-order valence-electron chi connectivity index (χ4n) is 2.93. The lowest BCUT2D eigenvalue weighted by Crippen LogP contribution is -2.50. The fraction of sp³-hybridized carbons (Fsp3) is 0.450. The summed E-state index contributed by atoms with van der Waals surface area (Å²) in [7, 11) is 0. The van der Waals surface area contributed by atoms with Gasteiger partial charge in [0.15, 0.2) is 5.16 Å². The maximum atomic E-state index is 13.2. The Labute approximate surface area is 177 Å². The lowest BCUT2D eigenvalue weighted by atomic mass is 10.1. The summed E-state index contributed by atoms with van der Waals surface area (Å²) in [4.78, 5) is 24.5. The zero-order valence-electron chi connectivity index (χ0n) is 16.9. The normalized spacial score (nSPS) is 15.3. The minimum atomic E-state index is -4.44. The quantitative estimate of drug-likeness (QED) is 0.645. The maximum absolute atomic E-state index is 13.2. The topological polar surface area (TPSA) is 58.6 Å². The number of anilines is 1. The summed E-state index contributed by atoms with van der Waals surface area (Å²) < 4.78 is 45.1. The molecule has 0 saturated carbocycles. The monoisotopic (exact) mass is 440 g/mol. The zero-order chi connectivity index (χ0) is 21.9. The van der Waals surface area contributed by atoms with Crippen molar-refractivity contribution in [2.75, 3.05) is 31.1 Å². The highest BCUT2D eigenvalue weighted by Crippen LogP contribution is 2.39. The van der Waals surface area contributed by atoms with Gasteiger partial charge in [0.1, 0.15) is 5.60 Å². The number of alkyl halides is 3. The molecule has 0 atom stereocenters. The molecule has 0 aliphatic carbocycles. The number of carbonyl (C=O) groups is 1. The van der Waals surface area contributed by atoms with Gasteiger partial charge in [0.2, 0.25) is 0 Å². The predicted molar refractivity (Wildman–Crippen MR) is 108 cm³/mol. The van der Waals surface area contributed by atoms with E-state index in [4.69, 9.17) is 4.74 Å². The molecule has 2 heterocycles. The average Bonchev–Trinajstić information content (AvgIpc) is 2.67. The van der Waals surface area contributed by atoms with Crippen LogP contribution in [-0.2, 0) is 10.9 Å². The first-order chi connectivity index (χ1) is 14.0. The first-order valence-corrected chi connectivity index (χ1v) is 10.2. The Bertz CT molecular complexity index is 880. The van der Waals surface area contributed by atoms with E-state index in [0.717, 1.165) is 23.9 Å². The van der Waals surface area contributed by atoms with E-state index in [9.17, 15) is 18.0 Å². The summed E-state index contributed by atoms with van der Waals surface area (Å²) in [5, 5.41) is 0.366. The number of hydrogen-bond acceptors (Lipinski definition) is 6. The molecule has 1 amide bonds. The first kappa shape index (κ1) is 22.2. The highest BCUT2D eigenvalue weighted by molar-refractivity contribution is 7.99. The van der Waals surface area contributed by atoms with Gasteiger partial charge in [0, 0.05) is 43.5 Å². The van der Waals surface area contributed by atoms with Crippen LogP contribution in [0.3, 0.4) is 0 Å². The lowest BCUT2D eigenvalue weighted by molar-refractivity contribution is -0.137. The standard InChI is InChI=1S/C20H23F3N4O2S/c1-19(2,3)29-18(28)27-11-9-26(10-12-27)15-6-5-14(20(21,22)23)13-16(15)30-17-24-7-4-8-25-17/h4-8,13H,9-12H2,1-3H3. The molecule has 1 aliphatic heterocycles. The molecule has 0 bridgehead atoms. The third-order valence-corrected chi connectivity index (χ3v) is 5.24. The molecule has 0 radical (unpaired) electrons. The largest absolute Gasteiger partial charge is 0.444 e. The summed E-state index contributed by atoms with van der Waals surface area (Å²) in [5.74, 6) is 0. The van der Waals surface area contributed by atoms with Gasteiger partial charge >= 0.3 is 12.3 Å². The molecular weight excluding hydrogens is 417 g/mol. The highest BCUT2D eigenvalue weighted by atomic mass is 32.2.